The van der Waals surface area contributed by atoms with E-state index in [1.807, 2.05) is 35.1 Å². The lowest BCUT2D eigenvalue weighted by atomic mass is 9.94. The maximum absolute atomic E-state index is 9.49. The lowest BCUT2D eigenvalue weighted by Crippen LogP contribution is -2.54. The molecule has 148 valence electrons. The molecule has 5 nitrogen and oxygen atoms in total. The molecule has 1 N–H and O–H groups in total. The van der Waals surface area contributed by atoms with E-state index in [9.17, 15) is 5.11 Å². The van der Waals surface area contributed by atoms with Crippen molar-refractivity contribution in [3.05, 3.63) is 47.2 Å². The number of aliphatic hydroxyl groups excluding tert-OH is 1. The average Bonchev–Trinajstić information content (AvgIpc) is 3.05. The Morgan fingerprint density at radius 1 is 1.19 bits per heavy atom. The third kappa shape index (κ3) is 5.79. The van der Waals surface area contributed by atoms with E-state index in [4.69, 9.17) is 11.6 Å². The smallest absolute Gasteiger partial charge is 0.0646 e. The van der Waals surface area contributed by atoms with Gasteiger partial charge in [0.1, 0.15) is 0 Å². The first-order valence-corrected chi connectivity index (χ1v) is 10.1. The lowest BCUT2D eigenvalue weighted by molar-refractivity contribution is 0.0340. The quantitative estimate of drug-likeness (QED) is 0.820. The molecular weight excluding hydrogens is 360 g/mol. The van der Waals surface area contributed by atoms with Gasteiger partial charge in [0.25, 0.3) is 0 Å². The molecule has 0 bridgehead atoms. The van der Waals surface area contributed by atoms with Crippen LogP contribution < -0.4 is 0 Å². The number of hydrogen-bond donors (Lipinski definition) is 1. The van der Waals surface area contributed by atoms with Crippen molar-refractivity contribution in [2.45, 2.75) is 39.8 Å². The molecule has 6 heteroatoms. The molecule has 27 heavy (non-hydrogen) atoms. The van der Waals surface area contributed by atoms with Gasteiger partial charge in [0.05, 0.1) is 11.9 Å². The number of rotatable bonds is 6. The van der Waals surface area contributed by atoms with Crippen LogP contribution in [0.25, 0.3) is 5.69 Å². The zero-order valence-corrected chi connectivity index (χ0v) is 17.4. The van der Waals surface area contributed by atoms with Gasteiger partial charge >= 0.3 is 0 Å². The Hall–Kier alpha value is -1.40. The van der Waals surface area contributed by atoms with Gasteiger partial charge < -0.3 is 5.11 Å². The minimum atomic E-state index is 0.244. The average molecular weight is 391 g/mol. The Bertz CT molecular complexity index is 723. The Morgan fingerprint density at radius 3 is 2.59 bits per heavy atom. The number of hydrogen-bond acceptors (Lipinski definition) is 4. The van der Waals surface area contributed by atoms with Crippen LogP contribution in [0, 0.1) is 5.41 Å². The largest absolute Gasteiger partial charge is 0.396 e. The summed E-state index contributed by atoms with van der Waals surface area (Å²) in [5, 5.41) is 14.7. The molecule has 2 aromatic rings. The molecule has 1 aromatic heterocycles. The Labute approximate surface area is 167 Å². The number of halogens is 1. The van der Waals surface area contributed by atoms with Crippen molar-refractivity contribution in [1.29, 1.82) is 0 Å². The van der Waals surface area contributed by atoms with E-state index >= 15 is 0 Å². The van der Waals surface area contributed by atoms with Crippen molar-refractivity contribution >= 4 is 11.6 Å². The van der Waals surface area contributed by atoms with Gasteiger partial charge in [-0.2, -0.15) is 5.10 Å². The number of nitrogens with zero attached hydrogens (tertiary/aromatic N) is 4. The molecule has 0 spiro atoms. The first-order chi connectivity index (χ1) is 12.8. The van der Waals surface area contributed by atoms with Gasteiger partial charge in [-0.1, -0.05) is 32.4 Å². The number of piperazine rings is 1. The Morgan fingerprint density at radius 2 is 1.93 bits per heavy atom. The first-order valence-electron chi connectivity index (χ1n) is 9.71. The van der Waals surface area contributed by atoms with Crippen LogP contribution in [0.1, 0.15) is 32.8 Å². The molecule has 0 amide bonds. The highest BCUT2D eigenvalue weighted by molar-refractivity contribution is 6.30. The van der Waals surface area contributed by atoms with Gasteiger partial charge in [-0.15, -0.1) is 0 Å². The molecule has 0 radical (unpaired) electrons. The van der Waals surface area contributed by atoms with Crippen LogP contribution in [-0.4, -0.2) is 63.5 Å². The lowest BCUT2D eigenvalue weighted by Gasteiger charge is -2.43. The van der Waals surface area contributed by atoms with Gasteiger partial charge in [-0.25, -0.2) is 4.68 Å². The minimum absolute atomic E-state index is 0.244. The van der Waals surface area contributed by atoms with Crippen LogP contribution in [0.2, 0.25) is 5.02 Å². The van der Waals surface area contributed by atoms with E-state index in [0.29, 0.717) is 6.04 Å². The maximum atomic E-state index is 9.49. The molecule has 0 saturated carbocycles. The maximum Gasteiger partial charge on any atom is 0.0646 e. The van der Waals surface area contributed by atoms with Crippen molar-refractivity contribution in [2.75, 3.05) is 32.8 Å². The second-order valence-corrected chi connectivity index (χ2v) is 9.14. The van der Waals surface area contributed by atoms with Gasteiger partial charge in [0.15, 0.2) is 0 Å². The van der Waals surface area contributed by atoms with Crippen LogP contribution in [0.4, 0.5) is 0 Å². The van der Waals surface area contributed by atoms with Crippen LogP contribution in [-0.2, 0) is 6.54 Å². The first kappa shape index (κ1) is 20.3. The molecule has 3 rings (SSSR count). The minimum Gasteiger partial charge on any atom is -0.396 e. The monoisotopic (exact) mass is 390 g/mol. The molecule has 1 atom stereocenters. The summed E-state index contributed by atoms with van der Waals surface area (Å²) < 4.78 is 1.90. The number of aliphatic hydroxyl groups is 1. The zero-order chi connectivity index (χ0) is 19.4. The highest BCUT2D eigenvalue weighted by Crippen LogP contribution is 2.22. The van der Waals surface area contributed by atoms with Crippen molar-refractivity contribution in [3.63, 3.8) is 0 Å². The van der Waals surface area contributed by atoms with E-state index in [2.05, 4.69) is 41.9 Å². The highest BCUT2D eigenvalue weighted by Gasteiger charge is 2.29. The number of benzene rings is 1. The van der Waals surface area contributed by atoms with Gasteiger partial charge in [-0.3, -0.25) is 9.80 Å². The van der Waals surface area contributed by atoms with Crippen LogP contribution in [0.5, 0.6) is 0 Å². The summed E-state index contributed by atoms with van der Waals surface area (Å²) in [6, 6.07) is 8.12. The summed E-state index contributed by atoms with van der Waals surface area (Å²) in [7, 11) is 0. The third-order valence-electron chi connectivity index (χ3n) is 4.96. The molecule has 1 aromatic carbocycles. The van der Waals surface area contributed by atoms with Gasteiger partial charge in [0, 0.05) is 62.2 Å². The van der Waals surface area contributed by atoms with Gasteiger partial charge in [-0.05, 0) is 36.1 Å². The molecule has 1 aliphatic rings. The fourth-order valence-electron chi connectivity index (χ4n) is 3.78. The molecular formula is C21H31ClN4O. The molecule has 1 saturated heterocycles. The van der Waals surface area contributed by atoms with Crippen molar-refractivity contribution in [3.8, 4) is 5.69 Å². The van der Waals surface area contributed by atoms with E-state index in [1.165, 1.54) is 5.56 Å². The second kappa shape index (κ2) is 8.74. The topological polar surface area (TPSA) is 44.5 Å². The second-order valence-electron chi connectivity index (χ2n) is 8.70. The molecule has 0 aliphatic carbocycles. The standard InChI is InChI=1S/C21H31ClN4O/c1-21(2,3)16-25-10-9-24(15-20(25)8-11-27)13-17-12-23-26(14-17)19-6-4-18(22)5-7-19/h4-7,12,14,20,27H,8-11,13,15-16H2,1-3H3/t20-/m0/s1. The SMILES string of the molecule is CC(C)(C)CN1CCN(Cc2cnn(-c3ccc(Cl)cc3)c2)C[C@@H]1CCO. The van der Waals surface area contributed by atoms with E-state index in [0.717, 1.165) is 49.9 Å². The molecule has 2 heterocycles. The fourth-order valence-corrected chi connectivity index (χ4v) is 3.90. The van der Waals surface area contributed by atoms with Crippen LogP contribution >= 0.6 is 11.6 Å². The molecule has 1 aliphatic heterocycles. The van der Waals surface area contributed by atoms with Crippen LogP contribution in [0.3, 0.4) is 0 Å². The Kier molecular flexibility index (Phi) is 6.58. The number of aromatic nitrogens is 2. The zero-order valence-electron chi connectivity index (χ0n) is 16.6. The summed E-state index contributed by atoms with van der Waals surface area (Å²) >= 11 is 5.97. The predicted molar refractivity (Wildman–Crippen MR) is 110 cm³/mol. The fraction of sp³-hybridized carbons (Fsp3) is 0.571. The van der Waals surface area contributed by atoms with Crippen LogP contribution in [0.15, 0.2) is 36.7 Å². The molecule has 0 unspecified atom stereocenters. The Balaban J connectivity index is 1.62. The van der Waals surface area contributed by atoms with E-state index < -0.39 is 0 Å². The van der Waals surface area contributed by atoms with Crippen molar-refractivity contribution in [1.82, 2.24) is 19.6 Å². The van der Waals surface area contributed by atoms with E-state index in [-0.39, 0.29) is 12.0 Å². The summed E-state index contributed by atoms with van der Waals surface area (Å²) in [6.45, 7) is 12.1. The highest BCUT2D eigenvalue weighted by atomic mass is 35.5. The summed E-state index contributed by atoms with van der Waals surface area (Å²) in [5.41, 5.74) is 2.49. The third-order valence-corrected chi connectivity index (χ3v) is 5.21. The predicted octanol–water partition coefficient (Wildman–Crippen LogP) is 3.44. The van der Waals surface area contributed by atoms with E-state index in [1.54, 1.807) is 0 Å². The summed E-state index contributed by atoms with van der Waals surface area (Å²) in [5.74, 6) is 0. The van der Waals surface area contributed by atoms with Gasteiger partial charge in [0.2, 0.25) is 0 Å². The summed E-state index contributed by atoms with van der Waals surface area (Å²) in [6.07, 6.45) is 4.86. The molecule has 1 fully saturated rings. The van der Waals surface area contributed by atoms with Crippen molar-refractivity contribution < 1.29 is 5.11 Å². The van der Waals surface area contributed by atoms with Crippen molar-refractivity contribution in [2.24, 2.45) is 5.41 Å². The summed E-state index contributed by atoms with van der Waals surface area (Å²) in [4.78, 5) is 5.02. The normalized spacial score (nSPS) is 19.5.